The lowest BCUT2D eigenvalue weighted by Crippen LogP contribution is -2.24. The molecule has 0 fully saturated rings. The summed E-state index contributed by atoms with van der Waals surface area (Å²) >= 11 is 0. The van der Waals surface area contributed by atoms with Crippen LogP contribution in [0.2, 0.25) is 0 Å². The summed E-state index contributed by atoms with van der Waals surface area (Å²) in [5.41, 5.74) is 5.89. The molecule has 0 saturated heterocycles. The normalized spacial score (nSPS) is 17.4. The zero-order chi connectivity index (χ0) is 13.0. The quantitative estimate of drug-likeness (QED) is 0.770. The van der Waals surface area contributed by atoms with E-state index in [1.807, 2.05) is 0 Å². The van der Waals surface area contributed by atoms with E-state index in [1.165, 1.54) is 42.4 Å². The Kier molecular flexibility index (Phi) is 4.60. The van der Waals surface area contributed by atoms with Gasteiger partial charge in [0, 0.05) is 0 Å². The maximum atomic E-state index is 3.67. The highest BCUT2D eigenvalue weighted by Crippen LogP contribution is 2.32. The first-order valence-electron chi connectivity index (χ1n) is 7.22. The van der Waals surface area contributed by atoms with Crippen molar-refractivity contribution >= 4 is 0 Å². The van der Waals surface area contributed by atoms with Gasteiger partial charge in [-0.05, 0) is 62.8 Å². The molecule has 1 unspecified atom stereocenters. The fourth-order valence-corrected chi connectivity index (χ4v) is 2.86. The van der Waals surface area contributed by atoms with Gasteiger partial charge in [-0.2, -0.15) is 0 Å². The van der Waals surface area contributed by atoms with Gasteiger partial charge in [-0.3, -0.25) is 0 Å². The Morgan fingerprint density at radius 2 is 2.06 bits per heavy atom. The lowest BCUT2D eigenvalue weighted by Gasteiger charge is -2.26. The van der Waals surface area contributed by atoms with Crippen LogP contribution in [0.15, 0.2) is 29.8 Å². The van der Waals surface area contributed by atoms with Crippen molar-refractivity contribution in [1.29, 1.82) is 0 Å². The second-order valence-electron chi connectivity index (χ2n) is 5.30. The molecule has 0 heterocycles. The van der Waals surface area contributed by atoms with Gasteiger partial charge in [-0.15, -0.1) is 0 Å². The van der Waals surface area contributed by atoms with Crippen LogP contribution in [0, 0.1) is 13.8 Å². The highest BCUT2D eigenvalue weighted by molar-refractivity contribution is 5.39. The molecule has 0 spiro atoms. The third-order valence-corrected chi connectivity index (χ3v) is 4.06. The molecule has 1 atom stereocenters. The smallest absolute Gasteiger partial charge is 0.0538 e. The first-order valence-corrected chi connectivity index (χ1v) is 7.22. The second-order valence-corrected chi connectivity index (χ2v) is 5.30. The van der Waals surface area contributed by atoms with Crippen molar-refractivity contribution in [2.75, 3.05) is 6.54 Å². The van der Waals surface area contributed by atoms with E-state index in [4.69, 9.17) is 0 Å². The van der Waals surface area contributed by atoms with Crippen molar-refractivity contribution in [3.05, 3.63) is 46.5 Å². The Bertz CT molecular complexity index is 431. The van der Waals surface area contributed by atoms with Gasteiger partial charge in [0.05, 0.1) is 6.04 Å². The Morgan fingerprint density at radius 1 is 1.22 bits per heavy atom. The summed E-state index contributed by atoms with van der Waals surface area (Å²) in [5.74, 6) is 0. The monoisotopic (exact) mass is 243 g/mol. The summed E-state index contributed by atoms with van der Waals surface area (Å²) in [6.07, 6.45) is 7.67. The van der Waals surface area contributed by atoms with Crippen molar-refractivity contribution in [2.45, 2.75) is 52.5 Å². The molecule has 1 aromatic rings. The van der Waals surface area contributed by atoms with E-state index in [0.717, 1.165) is 6.54 Å². The van der Waals surface area contributed by atoms with Crippen LogP contribution in [0.25, 0.3) is 0 Å². The number of rotatable bonds is 4. The first kappa shape index (κ1) is 13.4. The van der Waals surface area contributed by atoms with Crippen LogP contribution in [-0.2, 0) is 0 Å². The molecule has 1 aliphatic carbocycles. The maximum Gasteiger partial charge on any atom is 0.0538 e. The summed E-state index contributed by atoms with van der Waals surface area (Å²) < 4.78 is 0. The molecule has 2 rings (SSSR count). The molecule has 0 amide bonds. The predicted octanol–water partition coefficient (Wildman–Crippen LogP) is 4.45. The average molecular weight is 243 g/mol. The van der Waals surface area contributed by atoms with Gasteiger partial charge in [-0.1, -0.05) is 36.8 Å². The Balaban J connectivity index is 2.34. The number of nitrogens with one attached hydrogen (secondary N) is 1. The summed E-state index contributed by atoms with van der Waals surface area (Å²) in [4.78, 5) is 0. The van der Waals surface area contributed by atoms with Crippen molar-refractivity contribution in [2.24, 2.45) is 0 Å². The van der Waals surface area contributed by atoms with Gasteiger partial charge in [0.1, 0.15) is 0 Å². The van der Waals surface area contributed by atoms with Crippen LogP contribution >= 0.6 is 0 Å². The van der Waals surface area contributed by atoms with E-state index in [-0.39, 0.29) is 0 Å². The summed E-state index contributed by atoms with van der Waals surface area (Å²) in [7, 11) is 0. The van der Waals surface area contributed by atoms with Gasteiger partial charge in [0.15, 0.2) is 0 Å². The molecule has 0 radical (unpaired) electrons. The highest BCUT2D eigenvalue weighted by atomic mass is 14.9. The Labute approximate surface area is 111 Å². The van der Waals surface area contributed by atoms with E-state index in [0.29, 0.717) is 6.04 Å². The van der Waals surface area contributed by atoms with Crippen molar-refractivity contribution in [3.63, 3.8) is 0 Å². The molecule has 0 aromatic heterocycles. The van der Waals surface area contributed by atoms with Crippen LogP contribution in [0.5, 0.6) is 0 Å². The fraction of sp³-hybridized carbons (Fsp3) is 0.529. The zero-order valence-corrected chi connectivity index (χ0v) is 11.9. The summed E-state index contributed by atoms with van der Waals surface area (Å²) in [6.45, 7) is 7.67. The number of benzene rings is 1. The molecule has 1 N–H and O–H groups in total. The van der Waals surface area contributed by atoms with Gasteiger partial charge >= 0.3 is 0 Å². The lowest BCUT2D eigenvalue weighted by atomic mass is 9.87. The topological polar surface area (TPSA) is 12.0 Å². The van der Waals surface area contributed by atoms with E-state index in [1.54, 1.807) is 5.57 Å². The molecule has 98 valence electrons. The molecule has 0 aliphatic heterocycles. The minimum Gasteiger partial charge on any atom is -0.307 e. The fourth-order valence-electron chi connectivity index (χ4n) is 2.86. The van der Waals surface area contributed by atoms with E-state index >= 15 is 0 Å². The van der Waals surface area contributed by atoms with Crippen LogP contribution in [0.4, 0.5) is 0 Å². The van der Waals surface area contributed by atoms with Crippen LogP contribution in [-0.4, -0.2) is 6.54 Å². The molecule has 1 heteroatoms. The molecule has 0 bridgehead atoms. The number of hydrogen-bond acceptors (Lipinski definition) is 1. The molecule has 1 aliphatic rings. The van der Waals surface area contributed by atoms with Crippen LogP contribution < -0.4 is 5.32 Å². The molecule has 1 nitrogen and oxygen atoms in total. The molecular weight excluding hydrogens is 218 g/mol. The van der Waals surface area contributed by atoms with Crippen LogP contribution in [0.1, 0.15) is 55.3 Å². The van der Waals surface area contributed by atoms with E-state index in [2.05, 4.69) is 50.4 Å². The third-order valence-electron chi connectivity index (χ3n) is 4.06. The minimum absolute atomic E-state index is 0.426. The lowest BCUT2D eigenvalue weighted by molar-refractivity contribution is 0.562. The van der Waals surface area contributed by atoms with Gasteiger partial charge < -0.3 is 5.32 Å². The standard InChI is InChI=1S/C17H25N/c1-4-18-17(15-10-6-5-7-11-15)16-12-8-9-13(2)14(16)3/h8-10,12,17-18H,4-7,11H2,1-3H3. The van der Waals surface area contributed by atoms with Gasteiger partial charge in [0.25, 0.3) is 0 Å². The minimum atomic E-state index is 0.426. The Hall–Kier alpha value is -1.08. The highest BCUT2D eigenvalue weighted by Gasteiger charge is 2.19. The SMILES string of the molecule is CCNC(C1=CCCCC1)c1cccc(C)c1C. The first-order chi connectivity index (χ1) is 8.74. The van der Waals surface area contributed by atoms with Crippen molar-refractivity contribution in [1.82, 2.24) is 5.32 Å². The van der Waals surface area contributed by atoms with E-state index in [9.17, 15) is 0 Å². The maximum absolute atomic E-state index is 3.67. The predicted molar refractivity (Wildman–Crippen MR) is 78.9 cm³/mol. The number of allylic oxidation sites excluding steroid dienone is 1. The van der Waals surface area contributed by atoms with Gasteiger partial charge in [-0.25, -0.2) is 0 Å². The summed E-state index contributed by atoms with van der Waals surface area (Å²) in [5, 5.41) is 3.67. The van der Waals surface area contributed by atoms with Crippen molar-refractivity contribution in [3.8, 4) is 0 Å². The van der Waals surface area contributed by atoms with Crippen molar-refractivity contribution < 1.29 is 0 Å². The number of hydrogen-bond donors (Lipinski definition) is 1. The summed E-state index contributed by atoms with van der Waals surface area (Å²) in [6, 6.07) is 7.10. The second kappa shape index (κ2) is 6.19. The number of aryl methyl sites for hydroxylation is 1. The average Bonchev–Trinajstić information content (AvgIpc) is 2.41. The molecule has 0 saturated carbocycles. The van der Waals surface area contributed by atoms with E-state index < -0.39 is 0 Å². The van der Waals surface area contributed by atoms with Crippen LogP contribution in [0.3, 0.4) is 0 Å². The molecule has 18 heavy (non-hydrogen) atoms. The molecular formula is C17H25N. The Morgan fingerprint density at radius 3 is 2.72 bits per heavy atom. The number of likely N-dealkylation sites (N-methyl/N-ethyl adjacent to an activating group) is 1. The third kappa shape index (κ3) is 2.84. The molecule has 1 aromatic carbocycles. The zero-order valence-electron chi connectivity index (χ0n) is 11.9. The van der Waals surface area contributed by atoms with Gasteiger partial charge in [0.2, 0.25) is 0 Å². The largest absolute Gasteiger partial charge is 0.307 e.